The van der Waals surface area contributed by atoms with Crippen molar-refractivity contribution in [3.8, 4) is 40.0 Å². The number of allylic oxidation sites excluding steroid dienone is 1. The third kappa shape index (κ3) is 4.48. The summed E-state index contributed by atoms with van der Waals surface area (Å²) in [6, 6.07) is 23.9. The molecular formula is C36H28BrNO6. The predicted octanol–water partition coefficient (Wildman–Crippen LogP) is 3.31. The number of hydrogen-bond acceptors (Lipinski definition) is 6. The molecule has 220 valence electrons. The maximum absolute atomic E-state index is 12.8. The second-order valence-electron chi connectivity index (χ2n) is 10.9. The summed E-state index contributed by atoms with van der Waals surface area (Å²) >= 11 is 0. The molecule has 7 nitrogen and oxygen atoms in total. The molecule has 0 fully saturated rings. The maximum Gasteiger partial charge on any atom is 0.231 e. The van der Waals surface area contributed by atoms with Gasteiger partial charge >= 0.3 is 0 Å². The Labute approximate surface area is 265 Å². The Hall–Kier alpha value is -4.82. The van der Waals surface area contributed by atoms with Crippen molar-refractivity contribution >= 4 is 22.6 Å². The summed E-state index contributed by atoms with van der Waals surface area (Å²) in [5.74, 6) is 3.84. The third-order valence-electron chi connectivity index (χ3n) is 8.48. The van der Waals surface area contributed by atoms with Gasteiger partial charge in [0.05, 0.1) is 30.7 Å². The molecule has 4 heterocycles. The van der Waals surface area contributed by atoms with E-state index in [-0.39, 0.29) is 29.6 Å². The minimum absolute atomic E-state index is 0. The highest BCUT2D eigenvalue weighted by Gasteiger charge is 2.32. The summed E-state index contributed by atoms with van der Waals surface area (Å²) in [4.78, 5) is 12.8. The van der Waals surface area contributed by atoms with Gasteiger partial charge in [0.25, 0.3) is 0 Å². The van der Waals surface area contributed by atoms with Crippen LogP contribution in [0.3, 0.4) is 0 Å². The molecule has 0 amide bonds. The summed E-state index contributed by atoms with van der Waals surface area (Å²) < 4.78 is 31.1. The van der Waals surface area contributed by atoms with Crippen LogP contribution in [-0.4, -0.2) is 26.8 Å². The van der Waals surface area contributed by atoms with Crippen LogP contribution in [0.4, 0.5) is 0 Å². The number of nitrogens with zero attached hydrogens (tertiary/aromatic N) is 1. The Morgan fingerprint density at radius 3 is 2.43 bits per heavy atom. The third-order valence-corrected chi connectivity index (χ3v) is 8.48. The molecule has 8 rings (SSSR count). The lowest BCUT2D eigenvalue weighted by Gasteiger charge is -2.21. The molecule has 0 N–H and O–H groups in total. The van der Waals surface area contributed by atoms with Crippen LogP contribution in [0.15, 0.2) is 84.8 Å². The van der Waals surface area contributed by atoms with Crippen LogP contribution in [0, 0.1) is 0 Å². The van der Waals surface area contributed by atoms with E-state index < -0.39 is 0 Å². The molecule has 4 aromatic carbocycles. The first-order valence-corrected chi connectivity index (χ1v) is 14.3. The fourth-order valence-corrected chi connectivity index (χ4v) is 6.41. The topological polar surface area (TPSA) is 67.1 Å². The molecule has 8 heteroatoms. The highest BCUT2D eigenvalue weighted by molar-refractivity contribution is 6.14. The number of hydrogen-bond donors (Lipinski definition) is 0. The van der Waals surface area contributed by atoms with Gasteiger partial charge in [-0.2, -0.15) is 4.57 Å². The van der Waals surface area contributed by atoms with Crippen molar-refractivity contribution in [1.82, 2.24) is 0 Å². The van der Waals surface area contributed by atoms with Gasteiger partial charge in [0.15, 0.2) is 41.5 Å². The minimum atomic E-state index is -0.0945. The van der Waals surface area contributed by atoms with Crippen LogP contribution in [-0.2, 0) is 19.4 Å². The van der Waals surface area contributed by atoms with Gasteiger partial charge in [-0.25, -0.2) is 0 Å². The number of fused-ring (bicyclic) bond motifs is 6. The molecule has 0 spiro atoms. The van der Waals surface area contributed by atoms with Crippen molar-refractivity contribution in [3.63, 3.8) is 0 Å². The molecule has 0 aliphatic carbocycles. The summed E-state index contributed by atoms with van der Waals surface area (Å²) in [5, 5.41) is 2.10. The normalized spacial score (nSPS) is 14.9. The molecule has 0 bridgehead atoms. The molecule has 3 aliphatic heterocycles. The summed E-state index contributed by atoms with van der Waals surface area (Å²) in [6.07, 6.45) is 5.55. The van der Waals surface area contributed by atoms with E-state index in [1.807, 2.05) is 36.4 Å². The van der Waals surface area contributed by atoms with E-state index in [0.717, 1.165) is 63.4 Å². The lowest BCUT2D eigenvalue weighted by molar-refractivity contribution is -0.686. The first-order chi connectivity index (χ1) is 21.1. The standard InChI is InChI=1S/C36H28NO6.BrH/c1-39-30-12-11-24-27(15-21-7-9-22(10-8-21)16-33-35(38)25-5-3-4-6-29(25)43-33)34-26-18-32-31(41-20-42-32)17-23(26)13-14-37(34)19-28(24)36(30)40-2;/h3-12,16-19H,13-15,20H2,1-2H3;1H/q+1;/p-1/b33-16-;. The van der Waals surface area contributed by atoms with Gasteiger partial charge in [0, 0.05) is 23.8 Å². The first-order valence-electron chi connectivity index (χ1n) is 14.3. The SMILES string of the molecule is COc1ccc2c(Cc3ccc(/C=C4\Oc5ccccc5C4=O)cc3)c3[n+](cc2c1OC)CCc1cc2c(cc1-3)OCO2.[Br-]. The number of Topliss-reactive ketones (excluding diaryl/α,β-unsaturated/α-hetero) is 1. The fraction of sp³-hybridized carbons (Fsp3) is 0.167. The number of para-hydroxylation sites is 1. The minimum Gasteiger partial charge on any atom is -1.00 e. The van der Waals surface area contributed by atoms with Gasteiger partial charge in [-0.3, -0.25) is 4.79 Å². The highest BCUT2D eigenvalue weighted by atomic mass is 79.9. The zero-order valence-electron chi connectivity index (χ0n) is 24.2. The number of benzene rings is 4. The van der Waals surface area contributed by atoms with Crippen LogP contribution in [0.2, 0.25) is 0 Å². The van der Waals surface area contributed by atoms with Crippen LogP contribution in [0.5, 0.6) is 28.7 Å². The van der Waals surface area contributed by atoms with Gasteiger partial charge in [0.1, 0.15) is 5.75 Å². The van der Waals surface area contributed by atoms with Crippen molar-refractivity contribution < 1.29 is 50.0 Å². The van der Waals surface area contributed by atoms with Gasteiger partial charge < -0.3 is 40.7 Å². The number of pyridine rings is 1. The number of carbonyl (C=O) groups excluding carboxylic acids is 1. The molecule has 0 unspecified atom stereocenters. The molecule has 5 aromatic rings. The maximum atomic E-state index is 12.8. The Bertz CT molecular complexity index is 2000. The second-order valence-corrected chi connectivity index (χ2v) is 10.9. The smallest absolute Gasteiger partial charge is 0.231 e. The molecule has 3 aliphatic rings. The Morgan fingerprint density at radius 2 is 1.66 bits per heavy atom. The number of halogens is 1. The molecule has 0 saturated carbocycles. The number of ether oxygens (including phenoxy) is 5. The number of aromatic nitrogens is 1. The Morgan fingerprint density at radius 1 is 0.864 bits per heavy atom. The molecule has 44 heavy (non-hydrogen) atoms. The number of aryl methyl sites for hydroxylation is 2. The predicted molar refractivity (Wildman–Crippen MR) is 161 cm³/mol. The molecule has 0 atom stereocenters. The van der Waals surface area contributed by atoms with Gasteiger partial charge in [0.2, 0.25) is 18.3 Å². The number of ketones is 1. The first kappa shape index (κ1) is 28.0. The monoisotopic (exact) mass is 649 g/mol. The van der Waals surface area contributed by atoms with Crippen molar-refractivity contribution in [1.29, 1.82) is 0 Å². The van der Waals surface area contributed by atoms with E-state index in [2.05, 4.69) is 41.1 Å². The van der Waals surface area contributed by atoms with Crippen LogP contribution in [0.1, 0.15) is 32.6 Å². The van der Waals surface area contributed by atoms with E-state index in [1.165, 1.54) is 11.1 Å². The van der Waals surface area contributed by atoms with Crippen molar-refractivity contribution in [3.05, 3.63) is 113 Å². The average molecular weight is 651 g/mol. The van der Waals surface area contributed by atoms with E-state index >= 15 is 0 Å². The molecule has 0 radical (unpaired) electrons. The number of methoxy groups -OCH3 is 2. The van der Waals surface area contributed by atoms with Crippen molar-refractivity contribution in [2.75, 3.05) is 21.0 Å². The molecular weight excluding hydrogens is 622 g/mol. The fourth-order valence-electron chi connectivity index (χ4n) is 6.41. The average Bonchev–Trinajstić information content (AvgIpc) is 3.63. The number of rotatable bonds is 5. The van der Waals surface area contributed by atoms with E-state index in [4.69, 9.17) is 23.7 Å². The molecule has 0 saturated heterocycles. The number of carbonyl (C=O) groups is 1. The summed E-state index contributed by atoms with van der Waals surface area (Å²) in [7, 11) is 3.34. The lowest BCUT2D eigenvalue weighted by atomic mass is 9.88. The van der Waals surface area contributed by atoms with Crippen LogP contribution < -0.4 is 45.2 Å². The second kappa shape index (κ2) is 11.0. The van der Waals surface area contributed by atoms with E-state index in [0.29, 0.717) is 29.2 Å². The lowest BCUT2D eigenvalue weighted by Crippen LogP contribution is -3.00. The van der Waals surface area contributed by atoms with E-state index in [1.54, 1.807) is 26.4 Å². The van der Waals surface area contributed by atoms with Crippen LogP contribution >= 0.6 is 0 Å². The Balaban J connectivity index is 0.00000312. The van der Waals surface area contributed by atoms with Crippen molar-refractivity contribution in [2.24, 2.45) is 0 Å². The van der Waals surface area contributed by atoms with E-state index in [9.17, 15) is 4.79 Å². The van der Waals surface area contributed by atoms with Gasteiger partial charge in [-0.15, -0.1) is 0 Å². The summed E-state index contributed by atoms with van der Waals surface area (Å²) in [5.41, 5.74) is 7.39. The zero-order valence-corrected chi connectivity index (χ0v) is 25.8. The van der Waals surface area contributed by atoms with Crippen molar-refractivity contribution in [2.45, 2.75) is 19.4 Å². The quantitative estimate of drug-likeness (QED) is 0.215. The zero-order chi connectivity index (χ0) is 29.1. The summed E-state index contributed by atoms with van der Waals surface area (Å²) in [6.45, 7) is 1.07. The largest absolute Gasteiger partial charge is 1.00 e. The van der Waals surface area contributed by atoms with Crippen LogP contribution in [0.25, 0.3) is 28.1 Å². The van der Waals surface area contributed by atoms with Gasteiger partial charge in [-0.05, 0) is 59.2 Å². The Kier molecular flexibility index (Phi) is 7.01. The highest BCUT2D eigenvalue weighted by Crippen LogP contribution is 2.44. The molecule has 1 aromatic heterocycles. The van der Waals surface area contributed by atoms with Gasteiger partial charge in [-0.1, -0.05) is 36.4 Å².